The molecule has 0 aromatic heterocycles. The van der Waals surface area contributed by atoms with Crippen molar-refractivity contribution in [2.24, 2.45) is 0 Å². The van der Waals surface area contributed by atoms with Crippen LogP contribution in [0.1, 0.15) is 10.4 Å². The van der Waals surface area contributed by atoms with E-state index in [2.05, 4.69) is 5.32 Å². The fraction of sp³-hybridized carbons (Fsp3) is 0. The number of carbonyl (C=O) groups is 1. The van der Waals surface area contributed by atoms with Crippen molar-refractivity contribution in [1.29, 1.82) is 0 Å². The summed E-state index contributed by atoms with van der Waals surface area (Å²) in [4.78, 5) is 14.1. The molecule has 0 spiro atoms. The Balaban J connectivity index is 1.83. The van der Waals surface area contributed by atoms with Crippen molar-refractivity contribution in [1.82, 2.24) is 0 Å². The van der Waals surface area contributed by atoms with E-state index in [1.54, 1.807) is 12.1 Å². The van der Waals surface area contributed by atoms with Gasteiger partial charge in [-0.2, -0.15) is 0 Å². The SMILES string of the molecule is O=C(Nc1ccccc1Sc1ccccc1)c1cc(F)cc(F)c1. The van der Waals surface area contributed by atoms with Crippen LogP contribution in [0, 0.1) is 11.6 Å². The minimum absolute atomic E-state index is 0.0629. The summed E-state index contributed by atoms with van der Waals surface area (Å²) in [6.45, 7) is 0. The molecular weight excluding hydrogens is 328 g/mol. The summed E-state index contributed by atoms with van der Waals surface area (Å²) in [5.41, 5.74) is 0.521. The molecule has 0 fully saturated rings. The highest BCUT2D eigenvalue weighted by molar-refractivity contribution is 7.99. The minimum atomic E-state index is -0.785. The predicted octanol–water partition coefficient (Wildman–Crippen LogP) is 5.37. The van der Waals surface area contributed by atoms with Gasteiger partial charge in [0.2, 0.25) is 0 Å². The number of halogens is 2. The smallest absolute Gasteiger partial charge is 0.255 e. The Bertz CT molecular complexity index is 848. The molecule has 24 heavy (non-hydrogen) atoms. The molecule has 0 unspecified atom stereocenters. The fourth-order valence-electron chi connectivity index (χ4n) is 2.15. The van der Waals surface area contributed by atoms with Crippen molar-refractivity contribution in [3.05, 3.63) is 90.0 Å². The van der Waals surface area contributed by atoms with Crippen LogP contribution in [0.15, 0.2) is 82.6 Å². The van der Waals surface area contributed by atoms with Gasteiger partial charge in [-0.25, -0.2) is 8.78 Å². The van der Waals surface area contributed by atoms with Crippen molar-refractivity contribution in [3.63, 3.8) is 0 Å². The molecule has 3 aromatic rings. The molecule has 0 saturated heterocycles. The molecule has 0 aliphatic heterocycles. The van der Waals surface area contributed by atoms with Crippen LogP contribution < -0.4 is 5.32 Å². The lowest BCUT2D eigenvalue weighted by Crippen LogP contribution is -2.13. The van der Waals surface area contributed by atoms with Gasteiger partial charge >= 0.3 is 0 Å². The number of anilines is 1. The second-order valence-electron chi connectivity index (χ2n) is 5.02. The van der Waals surface area contributed by atoms with Crippen LogP contribution in [0.25, 0.3) is 0 Å². The highest BCUT2D eigenvalue weighted by Gasteiger charge is 2.12. The van der Waals surface area contributed by atoms with Gasteiger partial charge in [0.1, 0.15) is 11.6 Å². The lowest BCUT2D eigenvalue weighted by Gasteiger charge is -2.11. The van der Waals surface area contributed by atoms with Crippen LogP contribution in [-0.4, -0.2) is 5.91 Å². The Kier molecular flexibility index (Phi) is 4.91. The van der Waals surface area contributed by atoms with Gasteiger partial charge in [-0.15, -0.1) is 0 Å². The molecule has 0 atom stereocenters. The Morgan fingerprint density at radius 3 is 2.17 bits per heavy atom. The molecule has 0 aliphatic rings. The van der Waals surface area contributed by atoms with Crippen LogP contribution >= 0.6 is 11.8 Å². The summed E-state index contributed by atoms with van der Waals surface area (Å²) >= 11 is 1.49. The Hall–Kier alpha value is -2.66. The Morgan fingerprint density at radius 2 is 1.46 bits per heavy atom. The van der Waals surface area contributed by atoms with Crippen molar-refractivity contribution in [2.75, 3.05) is 5.32 Å². The van der Waals surface area contributed by atoms with Crippen molar-refractivity contribution < 1.29 is 13.6 Å². The molecule has 0 radical (unpaired) electrons. The van der Waals surface area contributed by atoms with E-state index in [9.17, 15) is 13.6 Å². The normalized spacial score (nSPS) is 10.4. The van der Waals surface area contributed by atoms with Crippen molar-refractivity contribution in [3.8, 4) is 0 Å². The number of hydrogen-bond acceptors (Lipinski definition) is 2. The van der Waals surface area contributed by atoms with Gasteiger partial charge in [0, 0.05) is 21.4 Å². The molecule has 0 heterocycles. The second-order valence-corrected chi connectivity index (χ2v) is 6.14. The standard InChI is InChI=1S/C19H13F2NOS/c20-14-10-13(11-15(21)12-14)19(23)22-17-8-4-5-9-18(17)24-16-6-2-1-3-7-16/h1-12H,(H,22,23). The van der Waals surface area contributed by atoms with E-state index in [0.29, 0.717) is 5.69 Å². The maximum absolute atomic E-state index is 13.3. The average molecular weight is 341 g/mol. The Morgan fingerprint density at radius 1 is 0.833 bits per heavy atom. The Labute approximate surface area is 142 Å². The molecule has 3 rings (SSSR count). The molecule has 0 bridgehead atoms. The number of nitrogens with one attached hydrogen (secondary N) is 1. The van der Waals surface area contributed by atoms with E-state index in [1.807, 2.05) is 42.5 Å². The molecule has 1 N–H and O–H groups in total. The monoisotopic (exact) mass is 341 g/mol. The summed E-state index contributed by atoms with van der Waals surface area (Å²) < 4.78 is 26.5. The van der Waals surface area contributed by atoms with E-state index in [4.69, 9.17) is 0 Å². The number of amides is 1. The van der Waals surface area contributed by atoms with Gasteiger partial charge in [-0.3, -0.25) is 4.79 Å². The van der Waals surface area contributed by atoms with E-state index < -0.39 is 17.5 Å². The molecule has 2 nitrogen and oxygen atoms in total. The van der Waals surface area contributed by atoms with Gasteiger partial charge in [0.05, 0.1) is 5.69 Å². The van der Waals surface area contributed by atoms with E-state index in [1.165, 1.54) is 11.8 Å². The third-order valence-corrected chi connectivity index (χ3v) is 4.31. The molecule has 0 aliphatic carbocycles. The van der Waals surface area contributed by atoms with Crippen LogP contribution in [-0.2, 0) is 0 Å². The molecular formula is C19H13F2NOS. The van der Waals surface area contributed by atoms with Crippen LogP contribution in [0.2, 0.25) is 0 Å². The van der Waals surface area contributed by atoms with Gasteiger partial charge < -0.3 is 5.32 Å². The van der Waals surface area contributed by atoms with Gasteiger partial charge in [0.25, 0.3) is 5.91 Å². The first kappa shape index (κ1) is 16.2. The van der Waals surface area contributed by atoms with Gasteiger partial charge in [-0.1, -0.05) is 42.1 Å². The number of carbonyl (C=O) groups excluding carboxylic acids is 1. The molecule has 0 saturated carbocycles. The molecule has 120 valence electrons. The first-order chi connectivity index (χ1) is 11.6. The second kappa shape index (κ2) is 7.27. The summed E-state index contributed by atoms with van der Waals surface area (Å²) in [6, 6.07) is 19.7. The molecule has 1 amide bonds. The highest BCUT2D eigenvalue weighted by atomic mass is 32.2. The summed E-state index contributed by atoms with van der Waals surface area (Å²) in [5.74, 6) is -2.13. The maximum atomic E-state index is 13.3. The first-order valence-corrected chi connectivity index (χ1v) is 8.03. The van der Waals surface area contributed by atoms with Crippen LogP contribution in [0.3, 0.4) is 0 Å². The fourth-order valence-corrected chi connectivity index (χ4v) is 3.08. The number of para-hydroxylation sites is 1. The summed E-state index contributed by atoms with van der Waals surface area (Å²) in [7, 11) is 0. The zero-order chi connectivity index (χ0) is 16.9. The largest absolute Gasteiger partial charge is 0.321 e. The van der Waals surface area contributed by atoms with E-state index >= 15 is 0 Å². The highest BCUT2D eigenvalue weighted by Crippen LogP contribution is 2.33. The number of rotatable bonds is 4. The van der Waals surface area contributed by atoms with Gasteiger partial charge in [0.15, 0.2) is 0 Å². The third-order valence-electron chi connectivity index (χ3n) is 3.23. The minimum Gasteiger partial charge on any atom is -0.321 e. The van der Waals surface area contributed by atoms with Crippen LogP contribution in [0.4, 0.5) is 14.5 Å². The lowest BCUT2D eigenvalue weighted by molar-refractivity contribution is 0.102. The first-order valence-electron chi connectivity index (χ1n) is 7.21. The summed E-state index contributed by atoms with van der Waals surface area (Å²) in [5, 5.41) is 2.71. The molecule has 5 heteroatoms. The predicted molar refractivity (Wildman–Crippen MR) is 91.3 cm³/mol. The number of hydrogen-bond donors (Lipinski definition) is 1. The zero-order valence-corrected chi connectivity index (χ0v) is 13.3. The van der Waals surface area contributed by atoms with Gasteiger partial charge in [-0.05, 0) is 36.4 Å². The van der Waals surface area contributed by atoms with Crippen LogP contribution in [0.5, 0.6) is 0 Å². The third kappa shape index (κ3) is 4.00. The molecule has 3 aromatic carbocycles. The maximum Gasteiger partial charge on any atom is 0.255 e. The van der Waals surface area contributed by atoms with E-state index in [0.717, 1.165) is 28.0 Å². The van der Waals surface area contributed by atoms with Crippen molar-refractivity contribution >= 4 is 23.4 Å². The quantitative estimate of drug-likeness (QED) is 0.691. The summed E-state index contributed by atoms with van der Waals surface area (Å²) in [6.07, 6.45) is 0. The average Bonchev–Trinajstić information content (AvgIpc) is 2.56. The lowest BCUT2D eigenvalue weighted by atomic mass is 10.2. The number of benzene rings is 3. The van der Waals surface area contributed by atoms with E-state index in [-0.39, 0.29) is 5.56 Å². The zero-order valence-electron chi connectivity index (χ0n) is 12.5. The van der Waals surface area contributed by atoms with Crippen molar-refractivity contribution in [2.45, 2.75) is 9.79 Å². The topological polar surface area (TPSA) is 29.1 Å².